The molecule has 2 aromatic rings. The average molecular weight is 426 g/mol. The van der Waals surface area contributed by atoms with E-state index in [2.05, 4.69) is 20.7 Å². The number of alkyl halides is 1. The van der Waals surface area contributed by atoms with Crippen molar-refractivity contribution >= 4 is 31.9 Å². The molecule has 2 rings (SSSR count). The van der Waals surface area contributed by atoms with Gasteiger partial charge in [0.25, 0.3) is 0 Å². The van der Waals surface area contributed by atoms with Gasteiger partial charge in [0.1, 0.15) is 12.6 Å². The van der Waals surface area contributed by atoms with Crippen LogP contribution >= 0.6 is 15.9 Å². The van der Waals surface area contributed by atoms with E-state index in [1.807, 2.05) is 37.3 Å². The van der Waals surface area contributed by atoms with E-state index in [0.29, 0.717) is 5.33 Å². The summed E-state index contributed by atoms with van der Waals surface area (Å²) < 4.78 is 32.8. The van der Waals surface area contributed by atoms with E-state index in [9.17, 15) is 13.2 Å². The van der Waals surface area contributed by atoms with Crippen LogP contribution in [-0.4, -0.2) is 32.4 Å². The molecule has 0 aliphatic rings. The second-order valence-corrected chi connectivity index (χ2v) is 8.04. The number of rotatable bonds is 8. The topological polar surface area (TPSA) is 72.5 Å². The first-order chi connectivity index (χ1) is 11.9. The van der Waals surface area contributed by atoms with Crippen LogP contribution in [0.25, 0.3) is 0 Å². The van der Waals surface area contributed by atoms with Crippen molar-refractivity contribution < 1.29 is 17.9 Å². The van der Waals surface area contributed by atoms with Gasteiger partial charge in [0.05, 0.1) is 4.90 Å². The van der Waals surface area contributed by atoms with Crippen LogP contribution in [0.2, 0.25) is 0 Å². The molecule has 0 aromatic heterocycles. The summed E-state index contributed by atoms with van der Waals surface area (Å²) in [6, 6.07) is 14.7. The van der Waals surface area contributed by atoms with Crippen molar-refractivity contribution in [1.82, 2.24) is 4.72 Å². The summed E-state index contributed by atoms with van der Waals surface area (Å²) in [7, 11) is -3.83. The van der Waals surface area contributed by atoms with E-state index >= 15 is 0 Å². The van der Waals surface area contributed by atoms with Gasteiger partial charge in [-0.05, 0) is 31.0 Å². The number of ether oxygens (including phenoxy) is 1. The molecule has 0 bridgehead atoms. The van der Waals surface area contributed by atoms with Gasteiger partial charge in [0.15, 0.2) is 0 Å². The molecule has 0 fully saturated rings. The van der Waals surface area contributed by atoms with Crippen LogP contribution in [0, 0.1) is 6.92 Å². The largest absolute Gasteiger partial charge is 0.464 e. The smallest absolute Gasteiger partial charge is 0.324 e. The normalized spacial score (nSPS) is 12.6. The maximum Gasteiger partial charge on any atom is 0.324 e. The highest BCUT2D eigenvalue weighted by Gasteiger charge is 2.27. The average Bonchev–Trinajstić information content (AvgIpc) is 2.60. The van der Waals surface area contributed by atoms with Crippen molar-refractivity contribution in [3.8, 4) is 0 Å². The van der Waals surface area contributed by atoms with Gasteiger partial charge in [-0.25, -0.2) is 8.42 Å². The van der Waals surface area contributed by atoms with E-state index in [-0.39, 0.29) is 17.9 Å². The van der Waals surface area contributed by atoms with Crippen LogP contribution in [0.3, 0.4) is 0 Å². The Morgan fingerprint density at radius 1 is 1.12 bits per heavy atom. The first kappa shape index (κ1) is 19.6. The summed E-state index contributed by atoms with van der Waals surface area (Å²) >= 11 is 3.18. The number of nitrogens with one attached hydrogen (secondary N) is 1. The Morgan fingerprint density at radius 3 is 2.36 bits per heavy atom. The first-order valence-corrected chi connectivity index (χ1v) is 10.4. The fourth-order valence-corrected chi connectivity index (χ4v) is 3.58. The SMILES string of the molecule is Cc1ccc(S(=O)(=O)NC(Cc2ccccc2)C(=O)OCCBr)cc1. The number of sulfonamides is 1. The fourth-order valence-electron chi connectivity index (χ4n) is 2.24. The van der Waals surface area contributed by atoms with E-state index in [4.69, 9.17) is 4.74 Å². The zero-order valence-corrected chi connectivity index (χ0v) is 16.2. The lowest BCUT2D eigenvalue weighted by Crippen LogP contribution is -2.43. The third-order valence-corrected chi connectivity index (χ3v) is 5.33. The molecule has 25 heavy (non-hydrogen) atoms. The minimum Gasteiger partial charge on any atom is -0.464 e. The van der Waals surface area contributed by atoms with Gasteiger partial charge in [0.2, 0.25) is 10.0 Å². The molecule has 0 spiro atoms. The van der Waals surface area contributed by atoms with Crippen molar-refractivity contribution in [1.29, 1.82) is 0 Å². The van der Waals surface area contributed by atoms with E-state index in [1.165, 1.54) is 12.1 Å². The molecule has 1 N–H and O–H groups in total. The Bertz CT molecular complexity index is 792. The van der Waals surface area contributed by atoms with Gasteiger partial charge in [0, 0.05) is 5.33 Å². The molecule has 0 amide bonds. The molecule has 0 aliphatic carbocycles. The van der Waals surface area contributed by atoms with Gasteiger partial charge < -0.3 is 4.74 Å². The highest BCUT2D eigenvalue weighted by Crippen LogP contribution is 2.13. The molecule has 0 saturated heterocycles. The Hall–Kier alpha value is -1.70. The van der Waals surface area contributed by atoms with Crippen molar-refractivity contribution in [2.45, 2.75) is 24.3 Å². The molecule has 0 saturated carbocycles. The fraction of sp³-hybridized carbons (Fsp3) is 0.278. The molecule has 0 aliphatic heterocycles. The third kappa shape index (κ3) is 5.95. The van der Waals surface area contributed by atoms with Crippen molar-refractivity contribution in [2.24, 2.45) is 0 Å². The Kier molecular flexibility index (Phi) is 7.16. The molecular formula is C18H20BrNO4S. The minimum atomic E-state index is -3.83. The number of carbonyl (C=O) groups excluding carboxylic acids is 1. The van der Waals surface area contributed by atoms with Gasteiger partial charge in [-0.15, -0.1) is 0 Å². The molecule has 1 unspecified atom stereocenters. The number of esters is 1. The molecule has 2 aromatic carbocycles. The van der Waals surface area contributed by atoms with Gasteiger partial charge in [-0.1, -0.05) is 64.0 Å². The second kappa shape index (κ2) is 9.12. The lowest BCUT2D eigenvalue weighted by molar-refractivity contribution is -0.144. The zero-order chi connectivity index (χ0) is 18.3. The van der Waals surface area contributed by atoms with Crippen LogP contribution in [0.4, 0.5) is 0 Å². The molecule has 0 heterocycles. The van der Waals surface area contributed by atoms with E-state index in [1.54, 1.807) is 12.1 Å². The molecular weight excluding hydrogens is 406 g/mol. The van der Waals surface area contributed by atoms with Crippen LogP contribution in [-0.2, 0) is 26.0 Å². The number of carbonyl (C=O) groups is 1. The summed E-state index contributed by atoms with van der Waals surface area (Å²) in [5.41, 5.74) is 1.80. The highest BCUT2D eigenvalue weighted by molar-refractivity contribution is 9.09. The van der Waals surface area contributed by atoms with E-state index in [0.717, 1.165) is 11.1 Å². The highest BCUT2D eigenvalue weighted by atomic mass is 79.9. The van der Waals surface area contributed by atoms with Crippen LogP contribution in [0.15, 0.2) is 59.5 Å². The number of benzene rings is 2. The monoisotopic (exact) mass is 425 g/mol. The molecule has 1 atom stereocenters. The number of halogens is 1. The second-order valence-electron chi connectivity index (χ2n) is 5.53. The lowest BCUT2D eigenvalue weighted by Gasteiger charge is -2.18. The molecule has 134 valence electrons. The maximum atomic E-state index is 12.6. The summed E-state index contributed by atoms with van der Waals surface area (Å²) in [4.78, 5) is 12.4. The quantitative estimate of drug-likeness (QED) is 0.521. The van der Waals surface area contributed by atoms with Crippen molar-refractivity contribution in [3.63, 3.8) is 0 Å². The molecule has 0 radical (unpaired) electrons. The van der Waals surface area contributed by atoms with Crippen LogP contribution in [0.1, 0.15) is 11.1 Å². The van der Waals surface area contributed by atoms with Gasteiger partial charge in [-0.2, -0.15) is 4.72 Å². The summed E-state index contributed by atoms with van der Waals surface area (Å²) in [5, 5.41) is 0.488. The predicted molar refractivity (Wildman–Crippen MR) is 100 cm³/mol. The summed E-state index contributed by atoms with van der Waals surface area (Å²) in [6.07, 6.45) is 0.215. The molecule has 7 heteroatoms. The van der Waals surface area contributed by atoms with Gasteiger partial charge >= 0.3 is 5.97 Å². The van der Waals surface area contributed by atoms with Crippen molar-refractivity contribution in [2.75, 3.05) is 11.9 Å². The van der Waals surface area contributed by atoms with Crippen molar-refractivity contribution in [3.05, 3.63) is 65.7 Å². The third-order valence-electron chi connectivity index (χ3n) is 3.52. The Labute approximate surface area is 156 Å². The van der Waals surface area contributed by atoms with Crippen LogP contribution < -0.4 is 4.72 Å². The van der Waals surface area contributed by atoms with Crippen LogP contribution in [0.5, 0.6) is 0 Å². The molecule has 5 nitrogen and oxygen atoms in total. The lowest BCUT2D eigenvalue weighted by atomic mass is 10.1. The summed E-state index contributed by atoms with van der Waals surface area (Å²) in [6.45, 7) is 2.05. The Morgan fingerprint density at radius 2 is 1.76 bits per heavy atom. The Balaban J connectivity index is 2.22. The summed E-state index contributed by atoms with van der Waals surface area (Å²) in [5.74, 6) is -0.598. The number of hydrogen-bond acceptors (Lipinski definition) is 4. The maximum absolute atomic E-state index is 12.6. The minimum absolute atomic E-state index is 0.115. The standard InChI is InChI=1S/C18H20BrNO4S/c1-14-7-9-16(10-8-14)25(22,23)20-17(18(21)24-12-11-19)13-15-5-3-2-4-6-15/h2-10,17,20H,11-13H2,1H3. The number of hydrogen-bond donors (Lipinski definition) is 1. The first-order valence-electron chi connectivity index (χ1n) is 7.78. The number of aryl methyl sites for hydroxylation is 1. The predicted octanol–water partition coefficient (Wildman–Crippen LogP) is 2.82. The zero-order valence-electron chi connectivity index (χ0n) is 13.8. The van der Waals surface area contributed by atoms with Gasteiger partial charge in [-0.3, -0.25) is 4.79 Å². The van der Waals surface area contributed by atoms with E-state index < -0.39 is 22.0 Å².